The molecular formula is C16H21NO2. The molecule has 1 aromatic carbocycles. The molecule has 1 aliphatic rings. The van der Waals surface area contributed by atoms with Gasteiger partial charge in [-0.25, -0.2) is 0 Å². The van der Waals surface area contributed by atoms with E-state index >= 15 is 0 Å². The highest BCUT2D eigenvalue weighted by Gasteiger charge is 2.16. The molecule has 0 aromatic heterocycles. The number of ketones is 1. The summed E-state index contributed by atoms with van der Waals surface area (Å²) in [5.74, 6) is 0.865. The molecule has 0 spiro atoms. The Bertz CT molecular complexity index is 444. The van der Waals surface area contributed by atoms with Gasteiger partial charge in [-0.05, 0) is 36.6 Å². The lowest BCUT2D eigenvalue weighted by Crippen LogP contribution is -2.06. The smallest absolute Gasteiger partial charge is 0.221 e. The van der Waals surface area contributed by atoms with Gasteiger partial charge in [0.05, 0.1) is 0 Å². The lowest BCUT2D eigenvalue weighted by atomic mass is 9.97. The number of carbonyl (C=O) groups is 2. The highest BCUT2D eigenvalue weighted by Crippen LogP contribution is 2.29. The van der Waals surface area contributed by atoms with Gasteiger partial charge in [-0.1, -0.05) is 25.7 Å². The van der Waals surface area contributed by atoms with E-state index in [0.29, 0.717) is 6.42 Å². The number of hydrogen-bond acceptors (Lipinski definition) is 2. The Morgan fingerprint density at radius 3 is 2.37 bits per heavy atom. The molecular weight excluding hydrogens is 238 g/mol. The van der Waals surface area contributed by atoms with Crippen molar-refractivity contribution in [2.75, 3.05) is 5.32 Å². The Labute approximate surface area is 114 Å². The molecule has 1 aromatic rings. The Kier molecular flexibility index (Phi) is 4.72. The Morgan fingerprint density at radius 2 is 1.79 bits per heavy atom. The average Bonchev–Trinajstić information content (AvgIpc) is 2.89. The van der Waals surface area contributed by atoms with Crippen LogP contribution in [0.2, 0.25) is 0 Å². The van der Waals surface area contributed by atoms with E-state index in [4.69, 9.17) is 0 Å². The lowest BCUT2D eigenvalue weighted by Gasteiger charge is -2.08. The normalized spacial score (nSPS) is 15.4. The third-order valence-electron chi connectivity index (χ3n) is 3.78. The minimum absolute atomic E-state index is 0.0969. The van der Waals surface area contributed by atoms with Crippen LogP contribution in [0.5, 0.6) is 0 Å². The molecule has 0 saturated heterocycles. The van der Waals surface area contributed by atoms with E-state index in [1.54, 1.807) is 24.3 Å². The summed E-state index contributed by atoms with van der Waals surface area (Å²) in [6, 6.07) is 7.15. The van der Waals surface area contributed by atoms with Crippen molar-refractivity contribution < 1.29 is 9.59 Å². The summed E-state index contributed by atoms with van der Waals surface area (Å²) in [7, 11) is 0. The fourth-order valence-corrected chi connectivity index (χ4v) is 2.72. The summed E-state index contributed by atoms with van der Waals surface area (Å²) in [5, 5.41) is 2.70. The Morgan fingerprint density at radius 1 is 1.16 bits per heavy atom. The first-order chi connectivity index (χ1) is 9.15. The van der Waals surface area contributed by atoms with Crippen molar-refractivity contribution in [2.45, 2.75) is 45.4 Å². The van der Waals surface area contributed by atoms with Crippen LogP contribution in [-0.4, -0.2) is 11.7 Å². The fraction of sp³-hybridized carbons (Fsp3) is 0.500. The zero-order chi connectivity index (χ0) is 13.7. The van der Waals surface area contributed by atoms with Crippen molar-refractivity contribution in [2.24, 2.45) is 5.92 Å². The first kappa shape index (κ1) is 13.8. The lowest BCUT2D eigenvalue weighted by molar-refractivity contribution is -0.114. The van der Waals surface area contributed by atoms with Gasteiger partial charge in [0, 0.05) is 24.6 Å². The van der Waals surface area contributed by atoms with Gasteiger partial charge in [0.15, 0.2) is 5.78 Å². The van der Waals surface area contributed by atoms with Crippen molar-refractivity contribution in [3.8, 4) is 0 Å². The summed E-state index contributed by atoms with van der Waals surface area (Å²) in [6.07, 6.45) is 6.88. The maximum atomic E-state index is 12.0. The standard InChI is InChI=1S/C16H21NO2/c1-12(18)17-15-9-7-14(8-10-15)16(19)11-6-13-4-2-3-5-13/h7-10,13H,2-6,11H2,1H3,(H,17,18). The van der Waals surface area contributed by atoms with E-state index in [0.717, 1.165) is 23.6 Å². The number of amides is 1. The third-order valence-corrected chi connectivity index (χ3v) is 3.78. The first-order valence-corrected chi connectivity index (χ1v) is 7.06. The largest absolute Gasteiger partial charge is 0.326 e. The molecule has 0 bridgehead atoms. The molecule has 0 unspecified atom stereocenters. The van der Waals surface area contributed by atoms with Crippen LogP contribution in [0.25, 0.3) is 0 Å². The van der Waals surface area contributed by atoms with Crippen LogP contribution in [0.1, 0.15) is 55.8 Å². The number of benzene rings is 1. The molecule has 0 heterocycles. The Balaban J connectivity index is 1.86. The highest BCUT2D eigenvalue weighted by molar-refractivity contribution is 5.97. The molecule has 1 saturated carbocycles. The number of hydrogen-bond donors (Lipinski definition) is 1. The summed E-state index contributed by atoms with van der Waals surface area (Å²) in [4.78, 5) is 23.0. The molecule has 1 N–H and O–H groups in total. The molecule has 19 heavy (non-hydrogen) atoms. The van der Waals surface area contributed by atoms with Gasteiger partial charge in [0.2, 0.25) is 5.91 Å². The maximum Gasteiger partial charge on any atom is 0.221 e. The summed E-state index contributed by atoms with van der Waals surface area (Å²) in [6.45, 7) is 1.47. The molecule has 3 heteroatoms. The van der Waals surface area contributed by atoms with Crippen molar-refractivity contribution >= 4 is 17.4 Å². The average molecular weight is 259 g/mol. The van der Waals surface area contributed by atoms with Crippen molar-refractivity contribution in [1.82, 2.24) is 0 Å². The SMILES string of the molecule is CC(=O)Nc1ccc(C(=O)CCC2CCCC2)cc1. The molecule has 0 atom stereocenters. The Hall–Kier alpha value is -1.64. The second kappa shape index (κ2) is 6.50. The van der Waals surface area contributed by atoms with Gasteiger partial charge >= 0.3 is 0 Å². The molecule has 1 fully saturated rings. The molecule has 102 valence electrons. The van der Waals surface area contributed by atoms with Crippen LogP contribution < -0.4 is 5.32 Å². The zero-order valence-electron chi connectivity index (χ0n) is 11.4. The molecule has 2 rings (SSSR count). The predicted octanol–water partition coefficient (Wildman–Crippen LogP) is 3.80. The first-order valence-electron chi connectivity index (χ1n) is 7.06. The van der Waals surface area contributed by atoms with Crippen molar-refractivity contribution in [1.29, 1.82) is 0 Å². The number of carbonyl (C=O) groups excluding carboxylic acids is 2. The van der Waals surface area contributed by atoms with E-state index in [1.165, 1.54) is 32.6 Å². The van der Waals surface area contributed by atoms with Gasteiger partial charge in [-0.2, -0.15) is 0 Å². The molecule has 1 amide bonds. The van der Waals surface area contributed by atoms with Crippen LogP contribution in [0.4, 0.5) is 5.69 Å². The quantitative estimate of drug-likeness (QED) is 0.817. The molecule has 1 aliphatic carbocycles. The summed E-state index contributed by atoms with van der Waals surface area (Å²) < 4.78 is 0. The molecule has 0 radical (unpaired) electrons. The van der Waals surface area contributed by atoms with Gasteiger partial charge in [0.25, 0.3) is 0 Å². The second-order valence-corrected chi connectivity index (χ2v) is 5.37. The van der Waals surface area contributed by atoms with Crippen LogP contribution >= 0.6 is 0 Å². The van der Waals surface area contributed by atoms with Crippen molar-refractivity contribution in [3.63, 3.8) is 0 Å². The summed E-state index contributed by atoms with van der Waals surface area (Å²) >= 11 is 0. The van der Waals surface area contributed by atoms with E-state index in [-0.39, 0.29) is 11.7 Å². The third kappa shape index (κ3) is 4.19. The van der Waals surface area contributed by atoms with Crippen LogP contribution in [0, 0.1) is 5.92 Å². The zero-order valence-corrected chi connectivity index (χ0v) is 11.4. The molecule has 3 nitrogen and oxygen atoms in total. The van der Waals surface area contributed by atoms with Crippen molar-refractivity contribution in [3.05, 3.63) is 29.8 Å². The topological polar surface area (TPSA) is 46.2 Å². The number of Topliss-reactive ketones (excluding diaryl/α,β-unsaturated/α-hetero) is 1. The molecule has 0 aliphatic heterocycles. The van der Waals surface area contributed by atoms with E-state index in [9.17, 15) is 9.59 Å². The monoisotopic (exact) mass is 259 g/mol. The fourth-order valence-electron chi connectivity index (χ4n) is 2.72. The predicted molar refractivity (Wildman–Crippen MR) is 76.3 cm³/mol. The maximum absolute atomic E-state index is 12.0. The minimum atomic E-state index is -0.0969. The van der Waals surface area contributed by atoms with Gasteiger partial charge in [0.1, 0.15) is 0 Å². The number of nitrogens with one attached hydrogen (secondary N) is 1. The number of rotatable bonds is 5. The van der Waals surface area contributed by atoms with Crippen LogP contribution in [-0.2, 0) is 4.79 Å². The number of anilines is 1. The van der Waals surface area contributed by atoms with Gasteiger partial charge < -0.3 is 5.32 Å². The van der Waals surface area contributed by atoms with Crippen LogP contribution in [0.3, 0.4) is 0 Å². The van der Waals surface area contributed by atoms with Crippen LogP contribution in [0.15, 0.2) is 24.3 Å². The minimum Gasteiger partial charge on any atom is -0.326 e. The van der Waals surface area contributed by atoms with Gasteiger partial charge in [-0.15, -0.1) is 0 Å². The van der Waals surface area contributed by atoms with E-state index in [1.807, 2.05) is 0 Å². The van der Waals surface area contributed by atoms with E-state index in [2.05, 4.69) is 5.32 Å². The van der Waals surface area contributed by atoms with Gasteiger partial charge in [-0.3, -0.25) is 9.59 Å². The van der Waals surface area contributed by atoms with E-state index < -0.39 is 0 Å². The highest BCUT2D eigenvalue weighted by atomic mass is 16.1. The summed E-state index contributed by atoms with van der Waals surface area (Å²) in [5.41, 5.74) is 1.48. The second-order valence-electron chi connectivity index (χ2n) is 5.37.